The second-order valence-corrected chi connectivity index (χ2v) is 10.9. The molecule has 1 atom stereocenters. The zero-order chi connectivity index (χ0) is 33.2. The average molecular weight is 618 g/mol. The lowest BCUT2D eigenvalue weighted by atomic mass is 10.1. The number of unbranched alkanes of at least 4 members (excludes halogenated alkanes) is 1. The molecule has 234 valence electrons. The van der Waals surface area contributed by atoms with Gasteiger partial charge in [-0.05, 0) is 75.6 Å². The van der Waals surface area contributed by atoms with Crippen LogP contribution in [0, 0.1) is 43.4 Å². The van der Waals surface area contributed by atoms with Crippen molar-refractivity contribution >= 4 is 29.0 Å². The van der Waals surface area contributed by atoms with Gasteiger partial charge in [0.25, 0.3) is 5.91 Å². The van der Waals surface area contributed by atoms with Crippen LogP contribution < -0.4 is 25.4 Å². The maximum absolute atomic E-state index is 13.6. The van der Waals surface area contributed by atoms with Crippen molar-refractivity contribution in [1.82, 2.24) is 0 Å². The van der Waals surface area contributed by atoms with Gasteiger partial charge in [0.2, 0.25) is 0 Å². The minimum Gasteiger partial charge on any atom is -0.506 e. The van der Waals surface area contributed by atoms with Crippen molar-refractivity contribution in [3.8, 4) is 35.1 Å². The molecule has 0 bridgehead atoms. The monoisotopic (exact) mass is 617 g/mol. The normalized spacial score (nSPS) is 11.0. The summed E-state index contributed by atoms with van der Waals surface area (Å²) in [5.41, 5.74) is 3.75. The van der Waals surface area contributed by atoms with Gasteiger partial charge < -0.3 is 30.5 Å². The van der Waals surface area contributed by atoms with Crippen molar-refractivity contribution in [3.05, 3.63) is 101 Å². The van der Waals surface area contributed by atoms with Crippen LogP contribution in [-0.2, 0) is 4.79 Å². The van der Waals surface area contributed by atoms with Gasteiger partial charge in [0.1, 0.15) is 29.4 Å². The van der Waals surface area contributed by atoms with E-state index in [4.69, 9.17) is 14.7 Å². The van der Waals surface area contributed by atoms with E-state index >= 15 is 0 Å². The van der Waals surface area contributed by atoms with Gasteiger partial charge in [-0.15, -0.1) is 0 Å². The molecule has 0 aliphatic carbocycles. The number of phenolic OH excluding ortho intramolecular Hbond substituents is 1. The summed E-state index contributed by atoms with van der Waals surface area (Å²) in [6.07, 6.45) is 1.28. The summed E-state index contributed by atoms with van der Waals surface area (Å²) in [4.78, 5) is 26.5. The average Bonchev–Trinajstić information content (AvgIpc) is 3.03. The first kappa shape index (κ1) is 32.9. The molecule has 0 aliphatic heterocycles. The summed E-state index contributed by atoms with van der Waals surface area (Å²) in [7, 11) is 0. The fourth-order valence-electron chi connectivity index (χ4n) is 4.61. The Morgan fingerprint density at radius 2 is 1.52 bits per heavy atom. The number of aryl methyl sites for hydroxylation is 3. The van der Waals surface area contributed by atoms with Crippen LogP contribution in [0.1, 0.15) is 54.0 Å². The Morgan fingerprint density at radius 1 is 0.804 bits per heavy atom. The molecule has 1 unspecified atom stereocenters. The first-order valence-electron chi connectivity index (χ1n) is 14.8. The minimum atomic E-state index is -0.815. The van der Waals surface area contributed by atoms with Crippen molar-refractivity contribution in [2.75, 3.05) is 16.0 Å². The third kappa shape index (κ3) is 8.55. The van der Waals surface area contributed by atoms with E-state index in [1.54, 1.807) is 12.1 Å². The number of carbonyl (C=O) groups excluding carboxylic acids is 2. The number of rotatable bonds is 11. The van der Waals surface area contributed by atoms with Gasteiger partial charge >= 0.3 is 6.03 Å². The first-order chi connectivity index (χ1) is 22.1. The number of anilines is 3. The maximum Gasteiger partial charge on any atom is 0.323 e. The summed E-state index contributed by atoms with van der Waals surface area (Å²) in [6.45, 7) is 7.88. The van der Waals surface area contributed by atoms with Gasteiger partial charge in [0.05, 0.1) is 22.5 Å². The lowest BCUT2D eigenvalue weighted by Crippen LogP contribution is -2.33. The van der Waals surface area contributed by atoms with Crippen LogP contribution in [-0.4, -0.2) is 23.1 Å². The number of nitrogens with one attached hydrogen (secondary N) is 3. The SMILES string of the molecule is CCCCC(Oc1ccc(C)cc1C)C(=O)Nc1cc(O)c(NC(=O)Nc2ccc(C#N)c(C#N)c2)cc1Oc1ccc(C)cc1. The second kappa shape index (κ2) is 15.1. The summed E-state index contributed by atoms with van der Waals surface area (Å²) in [6, 6.07) is 23.1. The third-order valence-corrected chi connectivity index (χ3v) is 7.08. The molecule has 4 N–H and O–H groups in total. The lowest BCUT2D eigenvalue weighted by molar-refractivity contribution is -0.123. The molecular formula is C36H35N5O5. The second-order valence-electron chi connectivity index (χ2n) is 10.9. The molecule has 0 spiro atoms. The molecule has 0 aliphatic rings. The number of carbonyl (C=O) groups is 2. The Morgan fingerprint density at radius 3 is 2.20 bits per heavy atom. The van der Waals surface area contributed by atoms with Gasteiger partial charge in [-0.2, -0.15) is 10.5 Å². The number of benzene rings is 4. The van der Waals surface area contributed by atoms with E-state index in [2.05, 4.69) is 16.0 Å². The van der Waals surface area contributed by atoms with Crippen molar-refractivity contribution in [1.29, 1.82) is 10.5 Å². The van der Waals surface area contributed by atoms with Gasteiger partial charge in [0, 0.05) is 17.8 Å². The number of ether oxygens (including phenoxy) is 2. The number of hydrogen-bond donors (Lipinski definition) is 4. The summed E-state index contributed by atoms with van der Waals surface area (Å²) in [5.74, 6) is 0.485. The van der Waals surface area contributed by atoms with Crippen LogP contribution in [0.3, 0.4) is 0 Å². The zero-order valence-electron chi connectivity index (χ0n) is 26.1. The Hall–Kier alpha value is -6.00. The van der Waals surface area contributed by atoms with Crippen LogP contribution in [0.25, 0.3) is 0 Å². The van der Waals surface area contributed by atoms with E-state index in [1.165, 1.54) is 30.3 Å². The van der Waals surface area contributed by atoms with E-state index in [9.17, 15) is 20.0 Å². The fraction of sp³-hybridized carbons (Fsp3) is 0.222. The van der Waals surface area contributed by atoms with Gasteiger partial charge in [0.15, 0.2) is 11.9 Å². The van der Waals surface area contributed by atoms with Crippen molar-refractivity contribution in [2.24, 2.45) is 0 Å². The lowest BCUT2D eigenvalue weighted by Gasteiger charge is -2.21. The molecule has 10 heteroatoms. The van der Waals surface area contributed by atoms with Crippen LogP contribution in [0.4, 0.5) is 21.9 Å². The molecule has 0 fully saturated rings. The largest absolute Gasteiger partial charge is 0.506 e. The van der Waals surface area contributed by atoms with Crippen molar-refractivity contribution in [3.63, 3.8) is 0 Å². The minimum absolute atomic E-state index is 0.000764. The van der Waals surface area contributed by atoms with Gasteiger partial charge in [-0.3, -0.25) is 4.79 Å². The van der Waals surface area contributed by atoms with Crippen molar-refractivity contribution < 1.29 is 24.2 Å². The van der Waals surface area contributed by atoms with Gasteiger partial charge in [-0.1, -0.05) is 48.7 Å². The van der Waals surface area contributed by atoms with E-state index in [0.29, 0.717) is 17.9 Å². The molecule has 0 saturated carbocycles. The summed E-state index contributed by atoms with van der Waals surface area (Å²) in [5, 5.41) is 37.4. The smallest absolute Gasteiger partial charge is 0.323 e. The molecule has 0 aromatic heterocycles. The highest BCUT2D eigenvalue weighted by atomic mass is 16.5. The number of amides is 3. The Balaban J connectivity index is 1.61. The number of urea groups is 1. The van der Waals surface area contributed by atoms with Crippen LogP contribution in [0.2, 0.25) is 0 Å². The Bertz CT molecular complexity index is 1820. The Labute approximate surface area is 268 Å². The molecule has 4 rings (SSSR count). The topological polar surface area (TPSA) is 156 Å². The Kier molecular flexibility index (Phi) is 10.8. The van der Waals surface area contributed by atoms with Crippen LogP contribution in [0.5, 0.6) is 23.0 Å². The molecule has 0 radical (unpaired) electrons. The van der Waals surface area contributed by atoms with Crippen LogP contribution in [0.15, 0.2) is 72.8 Å². The predicted octanol–water partition coefficient (Wildman–Crippen LogP) is 8.07. The number of hydrogen-bond acceptors (Lipinski definition) is 7. The molecule has 10 nitrogen and oxygen atoms in total. The number of aromatic hydroxyl groups is 1. The van der Waals surface area contributed by atoms with E-state index in [0.717, 1.165) is 29.5 Å². The summed E-state index contributed by atoms with van der Waals surface area (Å²) < 4.78 is 12.3. The highest BCUT2D eigenvalue weighted by Crippen LogP contribution is 2.39. The molecule has 3 amide bonds. The molecular weight excluding hydrogens is 582 g/mol. The van der Waals surface area contributed by atoms with Crippen LogP contribution >= 0.6 is 0 Å². The standard InChI is InChI=1S/C36H35N5O5/c1-5-6-7-33(46-32-15-10-23(3)16-24(32)4)35(43)40-30-18-31(42)29(19-34(30)45-28-13-8-22(2)9-14-28)41-36(44)39-27-12-11-25(20-37)26(17-27)21-38/h8-19,33,42H,5-7H2,1-4H3,(H,40,43)(H2,39,41,44). The number of nitriles is 2. The molecule has 4 aromatic carbocycles. The van der Waals surface area contributed by atoms with E-state index < -0.39 is 18.0 Å². The van der Waals surface area contributed by atoms with E-state index in [1.807, 2.05) is 70.2 Å². The molecule has 46 heavy (non-hydrogen) atoms. The predicted molar refractivity (Wildman–Crippen MR) is 176 cm³/mol. The summed E-state index contributed by atoms with van der Waals surface area (Å²) >= 11 is 0. The molecule has 0 heterocycles. The third-order valence-electron chi connectivity index (χ3n) is 7.08. The first-order valence-corrected chi connectivity index (χ1v) is 14.8. The zero-order valence-corrected chi connectivity index (χ0v) is 26.1. The fourth-order valence-corrected chi connectivity index (χ4v) is 4.61. The highest BCUT2D eigenvalue weighted by molar-refractivity contribution is 6.02. The quantitative estimate of drug-likeness (QED) is 0.124. The van der Waals surface area contributed by atoms with E-state index in [-0.39, 0.29) is 39.7 Å². The maximum atomic E-state index is 13.6. The highest BCUT2D eigenvalue weighted by Gasteiger charge is 2.24. The molecule has 0 saturated heterocycles. The van der Waals surface area contributed by atoms with Gasteiger partial charge in [-0.25, -0.2) is 4.79 Å². The van der Waals surface area contributed by atoms with Crippen molar-refractivity contribution in [2.45, 2.75) is 53.1 Å². The number of phenols is 1. The number of nitrogens with zero attached hydrogens (tertiary/aromatic N) is 2. The molecule has 4 aromatic rings.